The van der Waals surface area contributed by atoms with Gasteiger partial charge >= 0.3 is 0 Å². The average Bonchev–Trinajstić information content (AvgIpc) is 2.91. The van der Waals surface area contributed by atoms with Crippen LogP contribution in [0.4, 0.5) is 11.4 Å². The second-order valence-electron chi connectivity index (χ2n) is 4.16. The molecule has 2 N–H and O–H groups in total. The summed E-state index contributed by atoms with van der Waals surface area (Å²) in [6.45, 7) is 0.348. The molecule has 2 rings (SSSR count). The molecule has 22 heavy (non-hydrogen) atoms. The van der Waals surface area contributed by atoms with Crippen molar-refractivity contribution in [1.82, 2.24) is 4.72 Å². The Morgan fingerprint density at radius 1 is 1.18 bits per heavy atom. The van der Waals surface area contributed by atoms with Crippen LogP contribution in [0.3, 0.4) is 0 Å². The van der Waals surface area contributed by atoms with Crippen LogP contribution in [0.1, 0.15) is 0 Å². The van der Waals surface area contributed by atoms with E-state index in [1.807, 2.05) is 0 Å². The van der Waals surface area contributed by atoms with Crippen LogP contribution in [0.15, 0.2) is 44.4 Å². The summed E-state index contributed by atoms with van der Waals surface area (Å²) in [6.07, 6.45) is 0. The lowest BCUT2D eigenvalue weighted by Gasteiger charge is -2.08. The maximum atomic E-state index is 12.0. The number of rotatable bonds is 7. The molecule has 1 heterocycles. The van der Waals surface area contributed by atoms with Gasteiger partial charge in [0, 0.05) is 19.2 Å². The number of nitrogens with one attached hydrogen (secondary N) is 2. The molecule has 2 aromatic rings. The zero-order valence-electron chi connectivity index (χ0n) is 11.2. The van der Waals surface area contributed by atoms with Gasteiger partial charge in [-0.2, -0.15) is 0 Å². The number of nitrogens with zero attached hydrogens (tertiary/aromatic N) is 1. The van der Waals surface area contributed by atoms with E-state index in [1.165, 1.54) is 12.1 Å². The number of para-hydroxylation sites is 2. The first-order valence-electron chi connectivity index (χ1n) is 6.12. The van der Waals surface area contributed by atoms with Gasteiger partial charge in [0.1, 0.15) is 9.90 Å². The van der Waals surface area contributed by atoms with Crippen molar-refractivity contribution in [2.75, 3.05) is 18.4 Å². The molecule has 0 spiro atoms. The largest absolute Gasteiger partial charge is 0.378 e. The van der Waals surface area contributed by atoms with Crippen LogP contribution in [0.5, 0.6) is 0 Å². The zero-order valence-corrected chi connectivity index (χ0v) is 14.4. The Morgan fingerprint density at radius 3 is 2.55 bits per heavy atom. The number of nitro groups is 1. The smallest absolute Gasteiger partial charge is 0.292 e. The molecule has 1 aromatic heterocycles. The Hall–Kier alpha value is -1.49. The summed E-state index contributed by atoms with van der Waals surface area (Å²) < 4.78 is 27.3. The molecule has 118 valence electrons. The molecule has 0 fully saturated rings. The van der Waals surface area contributed by atoms with Gasteiger partial charge in [-0.3, -0.25) is 10.1 Å². The summed E-state index contributed by atoms with van der Waals surface area (Å²) in [4.78, 5) is 10.4. The first-order valence-corrected chi connectivity index (χ1v) is 9.22. The van der Waals surface area contributed by atoms with Gasteiger partial charge in [0.2, 0.25) is 10.0 Å². The second kappa shape index (κ2) is 7.18. The number of benzene rings is 1. The van der Waals surface area contributed by atoms with E-state index in [9.17, 15) is 18.5 Å². The van der Waals surface area contributed by atoms with Gasteiger partial charge < -0.3 is 5.32 Å². The van der Waals surface area contributed by atoms with Crippen LogP contribution < -0.4 is 10.0 Å². The topological polar surface area (TPSA) is 101 Å². The highest BCUT2D eigenvalue weighted by atomic mass is 79.9. The van der Waals surface area contributed by atoms with Crippen LogP contribution in [-0.4, -0.2) is 26.4 Å². The Kier molecular flexibility index (Phi) is 5.51. The quantitative estimate of drug-likeness (QED) is 0.418. The van der Waals surface area contributed by atoms with E-state index >= 15 is 0 Å². The fraction of sp³-hybridized carbons (Fsp3) is 0.167. The molecule has 0 bridgehead atoms. The molecule has 7 nitrogen and oxygen atoms in total. The number of sulfonamides is 1. The molecule has 0 radical (unpaired) electrons. The molecule has 1 aromatic carbocycles. The van der Waals surface area contributed by atoms with Gasteiger partial charge in [0.25, 0.3) is 5.69 Å². The van der Waals surface area contributed by atoms with Crippen molar-refractivity contribution in [2.45, 2.75) is 4.21 Å². The minimum Gasteiger partial charge on any atom is -0.378 e. The van der Waals surface area contributed by atoms with E-state index in [-0.39, 0.29) is 23.0 Å². The number of halogens is 1. The normalized spacial score (nSPS) is 11.3. The van der Waals surface area contributed by atoms with E-state index in [1.54, 1.807) is 24.3 Å². The maximum absolute atomic E-state index is 12.0. The number of anilines is 1. The predicted molar refractivity (Wildman–Crippen MR) is 88.8 cm³/mol. The van der Waals surface area contributed by atoms with Crippen molar-refractivity contribution in [2.24, 2.45) is 0 Å². The predicted octanol–water partition coefficient (Wildman–Crippen LogP) is 2.81. The van der Waals surface area contributed by atoms with Gasteiger partial charge in [-0.05, 0) is 34.1 Å². The molecule has 0 aliphatic carbocycles. The summed E-state index contributed by atoms with van der Waals surface area (Å²) in [5.41, 5.74) is 0.304. The highest BCUT2D eigenvalue weighted by Gasteiger charge is 2.16. The van der Waals surface area contributed by atoms with Crippen molar-refractivity contribution in [1.29, 1.82) is 0 Å². The van der Waals surface area contributed by atoms with Gasteiger partial charge in [-0.15, -0.1) is 11.3 Å². The van der Waals surface area contributed by atoms with Crippen molar-refractivity contribution < 1.29 is 13.3 Å². The van der Waals surface area contributed by atoms with Crippen molar-refractivity contribution in [3.05, 3.63) is 50.3 Å². The second-order valence-corrected chi connectivity index (χ2v) is 8.61. The number of hydrogen-bond donors (Lipinski definition) is 2. The average molecular weight is 406 g/mol. The van der Waals surface area contributed by atoms with Gasteiger partial charge in [0.05, 0.1) is 8.71 Å². The van der Waals surface area contributed by atoms with Gasteiger partial charge in [-0.25, -0.2) is 13.1 Å². The van der Waals surface area contributed by atoms with Gasteiger partial charge in [0.15, 0.2) is 0 Å². The maximum Gasteiger partial charge on any atom is 0.292 e. The number of thiophene rings is 1. The van der Waals surface area contributed by atoms with E-state index in [2.05, 4.69) is 26.0 Å². The van der Waals surface area contributed by atoms with Crippen LogP contribution >= 0.6 is 27.3 Å². The van der Waals surface area contributed by atoms with Crippen LogP contribution in [0.2, 0.25) is 0 Å². The van der Waals surface area contributed by atoms with Crippen LogP contribution in [-0.2, 0) is 10.0 Å². The highest BCUT2D eigenvalue weighted by molar-refractivity contribution is 9.11. The summed E-state index contributed by atoms with van der Waals surface area (Å²) in [5, 5.41) is 13.7. The van der Waals surface area contributed by atoms with E-state index in [0.29, 0.717) is 5.69 Å². The highest BCUT2D eigenvalue weighted by Crippen LogP contribution is 2.26. The van der Waals surface area contributed by atoms with Gasteiger partial charge in [-0.1, -0.05) is 12.1 Å². The van der Waals surface area contributed by atoms with Crippen LogP contribution in [0, 0.1) is 10.1 Å². The summed E-state index contributed by atoms with van der Waals surface area (Å²) in [5.74, 6) is 0. The third-order valence-corrected chi connectivity index (χ3v) is 6.22. The lowest BCUT2D eigenvalue weighted by Crippen LogP contribution is -2.28. The molecule has 0 saturated carbocycles. The minimum absolute atomic E-state index is 0.0486. The molecule has 10 heteroatoms. The van der Waals surface area contributed by atoms with E-state index in [4.69, 9.17) is 0 Å². The molecule has 0 amide bonds. The third-order valence-electron chi connectivity index (χ3n) is 2.65. The number of hydrogen-bond acceptors (Lipinski definition) is 6. The number of nitro benzene ring substituents is 1. The molecule has 0 unspecified atom stereocenters. The Balaban J connectivity index is 1.91. The first kappa shape index (κ1) is 16.9. The lowest BCUT2D eigenvalue weighted by atomic mass is 10.2. The standard InChI is InChI=1S/C12H12BrN3O4S2/c13-11-5-6-12(21-11)22(19,20)15-8-7-14-9-3-1-2-4-10(9)16(17)18/h1-6,14-15H,7-8H2. The van der Waals surface area contributed by atoms with E-state index in [0.717, 1.165) is 15.1 Å². The van der Waals surface area contributed by atoms with Crippen LogP contribution in [0.25, 0.3) is 0 Å². The Morgan fingerprint density at radius 2 is 1.91 bits per heavy atom. The molecule has 0 aliphatic heterocycles. The SMILES string of the molecule is O=[N+]([O-])c1ccccc1NCCNS(=O)(=O)c1ccc(Br)s1. The molecule has 0 saturated heterocycles. The molecule has 0 aliphatic rings. The molecular weight excluding hydrogens is 394 g/mol. The van der Waals surface area contributed by atoms with Crippen molar-refractivity contribution >= 4 is 48.7 Å². The minimum atomic E-state index is -3.56. The third kappa shape index (κ3) is 4.26. The van der Waals surface area contributed by atoms with Crippen molar-refractivity contribution in [3.63, 3.8) is 0 Å². The fourth-order valence-corrected chi connectivity index (χ4v) is 4.76. The van der Waals surface area contributed by atoms with E-state index < -0.39 is 14.9 Å². The fourth-order valence-electron chi connectivity index (χ4n) is 1.68. The zero-order chi connectivity index (χ0) is 16.2. The lowest BCUT2D eigenvalue weighted by molar-refractivity contribution is -0.384. The summed E-state index contributed by atoms with van der Waals surface area (Å²) >= 11 is 4.32. The molecule has 0 atom stereocenters. The Labute approximate surface area is 139 Å². The van der Waals surface area contributed by atoms with Crippen molar-refractivity contribution in [3.8, 4) is 0 Å². The Bertz CT molecular complexity index is 776. The summed E-state index contributed by atoms with van der Waals surface area (Å²) in [7, 11) is -3.56. The monoisotopic (exact) mass is 405 g/mol. The summed E-state index contributed by atoms with van der Waals surface area (Å²) in [6, 6.07) is 9.36. The molecular formula is C12H12BrN3O4S2. The first-order chi connectivity index (χ1) is 10.4.